The van der Waals surface area contributed by atoms with E-state index in [1.165, 1.54) is 24.3 Å². The lowest BCUT2D eigenvalue weighted by Crippen LogP contribution is -2.37. The van der Waals surface area contributed by atoms with Crippen molar-refractivity contribution < 1.29 is 18.7 Å². The van der Waals surface area contributed by atoms with E-state index in [9.17, 15) is 9.18 Å². The van der Waals surface area contributed by atoms with E-state index in [1.54, 1.807) is 6.20 Å². The Bertz CT molecular complexity index is 779. The number of rotatable bonds is 6. The summed E-state index contributed by atoms with van der Waals surface area (Å²) in [5, 5.41) is 2.76. The predicted octanol–water partition coefficient (Wildman–Crippen LogP) is 1.54. The largest absolute Gasteiger partial charge is 0.484 e. The minimum atomic E-state index is -0.361. The Morgan fingerprint density at radius 3 is 2.67 bits per heavy atom. The number of carbonyl (C=O) groups is 1. The summed E-state index contributed by atoms with van der Waals surface area (Å²) < 4.78 is 23.6. The minimum Gasteiger partial charge on any atom is -0.484 e. The quantitative estimate of drug-likeness (QED) is 0.820. The lowest BCUT2D eigenvalue weighted by molar-refractivity contribution is -0.118. The fourth-order valence-corrected chi connectivity index (χ4v) is 2.57. The molecule has 3 rings (SSSR count). The van der Waals surface area contributed by atoms with Crippen LogP contribution in [-0.2, 0) is 9.53 Å². The summed E-state index contributed by atoms with van der Waals surface area (Å²) in [6, 6.07) is 5.48. The summed E-state index contributed by atoms with van der Waals surface area (Å²) in [6.45, 7) is 2.53. The van der Waals surface area contributed by atoms with E-state index in [2.05, 4.69) is 15.3 Å². The number of nitrogens with one attached hydrogen (secondary N) is 1. The van der Waals surface area contributed by atoms with Crippen LogP contribution in [0.1, 0.15) is 0 Å². The zero-order valence-electron chi connectivity index (χ0n) is 15.3. The molecule has 27 heavy (non-hydrogen) atoms. The van der Waals surface area contributed by atoms with Gasteiger partial charge < -0.3 is 24.6 Å². The van der Waals surface area contributed by atoms with Crippen molar-refractivity contribution in [2.24, 2.45) is 0 Å². The third-order valence-corrected chi connectivity index (χ3v) is 3.93. The zero-order valence-corrected chi connectivity index (χ0v) is 15.3. The standard InChI is InChI=1S/C18H22FN5O3/c1-23(2)17-15(11-20-18(22-17)24-7-9-26-10-8-24)21-16(25)12-27-14-5-3-13(19)4-6-14/h3-6,11H,7-10,12H2,1-2H3,(H,21,25). The third kappa shape index (κ3) is 5.04. The number of ether oxygens (including phenoxy) is 2. The number of carbonyl (C=O) groups excluding carboxylic acids is 1. The molecule has 1 amide bonds. The average molecular weight is 375 g/mol. The van der Waals surface area contributed by atoms with Crippen molar-refractivity contribution in [2.75, 3.05) is 62.1 Å². The monoisotopic (exact) mass is 375 g/mol. The Balaban J connectivity index is 1.65. The molecule has 0 atom stereocenters. The van der Waals surface area contributed by atoms with E-state index in [4.69, 9.17) is 9.47 Å². The summed E-state index contributed by atoms with van der Waals surface area (Å²) in [7, 11) is 3.69. The van der Waals surface area contributed by atoms with Gasteiger partial charge in [0.15, 0.2) is 12.4 Å². The maximum Gasteiger partial charge on any atom is 0.262 e. The van der Waals surface area contributed by atoms with Gasteiger partial charge in [0.2, 0.25) is 5.95 Å². The second-order valence-electron chi connectivity index (χ2n) is 6.19. The number of benzene rings is 1. The summed E-state index contributed by atoms with van der Waals surface area (Å²) in [5.74, 6) is 0.896. The molecule has 0 bridgehead atoms. The van der Waals surface area contributed by atoms with Gasteiger partial charge in [-0.1, -0.05) is 0 Å². The molecule has 1 fully saturated rings. The van der Waals surface area contributed by atoms with Crippen LogP contribution in [0.3, 0.4) is 0 Å². The van der Waals surface area contributed by atoms with Gasteiger partial charge in [0.25, 0.3) is 5.91 Å². The molecule has 2 heterocycles. The summed E-state index contributed by atoms with van der Waals surface area (Å²) in [5.41, 5.74) is 0.490. The second kappa shape index (κ2) is 8.63. The SMILES string of the molecule is CN(C)c1nc(N2CCOCC2)ncc1NC(=O)COc1ccc(F)cc1. The zero-order chi connectivity index (χ0) is 19.2. The lowest BCUT2D eigenvalue weighted by Gasteiger charge is -2.28. The van der Waals surface area contributed by atoms with Crippen molar-refractivity contribution in [3.05, 3.63) is 36.3 Å². The maximum atomic E-state index is 12.9. The van der Waals surface area contributed by atoms with Gasteiger partial charge in [0, 0.05) is 27.2 Å². The Morgan fingerprint density at radius 1 is 1.30 bits per heavy atom. The molecule has 0 aliphatic carbocycles. The Kier molecular flexibility index (Phi) is 6.02. The van der Waals surface area contributed by atoms with Crippen LogP contribution >= 0.6 is 0 Å². The van der Waals surface area contributed by atoms with E-state index in [1.807, 2.05) is 23.9 Å². The van der Waals surface area contributed by atoms with E-state index in [0.717, 1.165) is 13.1 Å². The topological polar surface area (TPSA) is 79.8 Å². The molecular weight excluding hydrogens is 353 g/mol. The summed E-state index contributed by atoms with van der Waals surface area (Å²) >= 11 is 0. The van der Waals surface area contributed by atoms with E-state index >= 15 is 0 Å². The number of hydrogen-bond acceptors (Lipinski definition) is 7. The number of hydrogen-bond donors (Lipinski definition) is 1. The fraction of sp³-hybridized carbons (Fsp3) is 0.389. The highest BCUT2D eigenvalue weighted by Crippen LogP contribution is 2.24. The molecule has 1 N–H and O–H groups in total. The Morgan fingerprint density at radius 2 is 2.00 bits per heavy atom. The Labute approximate surface area is 156 Å². The molecule has 1 saturated heterocycles. The highest BCUT2D eigenvalue weighted by molar-refractivity contribution is 5.94. The van der Waals surface area contributed by atoms with Crippen molar-refractivity contribution in [1.82, 2.24) is 9.97 Å². The van der Waals surface area contributed by atoms with Gasteiger partial charge in [-0.15, -0.1) is 0 Å². The van der Waals surface area contributed by atoms with Crippen molar-refractivity contribution in [1.29, 1.82) is 0 Å². The van der Waals surface area contributed by atoms with Crippen LogP contribution in [0.2, 0.25) is 0 Å². The first-order chi connectivity index (χ1) is 13.0. The molecule has 1 aliphatic rings. The molecule has 144 valence electrons. The molecule has 0 spiro atoms. The summed E-state index contributed by atoms with van der Waals surface area (Å²) in [6.07, 6.45) is 1.59. The van der Waals surface area contributed by atoms with Crippen molar-refractivity contribution >= 4 is 23.4 Å². The normalized spacial score (nSPS) is 14.0. The Hall–Kier alpha value is -2.94. The molecule has 9 heteroatoms. The number of halogens is 1. The van der Waals surface area contributed by atoms with Crippen molar-refractivity contribution in [3.63, 3.8) is 0 Å². The van der Waals surface area contributed by atoms with Crippen LogP contribution in [-0.4, -0.2) is 62.9 Å². The van der Waals surface area contributed by atoms with Crippen LogP contribution in [0.4, 0.5) is 21.8 Å². The van der Waals surface area contributed by atoms with Gasteiger partial charge in [-0.25, -0.2) is 9.37 Å². The molecule has 2 aromatic rings. The van der Waals surface area contributed by atoms with E-state index < -0.39 is 0 Å². The molecular formula is C18H22FN5O3. The van der Waals surface area contributed by atoms with Crippen LogP contribution < -0.4 is 19.9 Å². The smallest absolute Gasteiger partial charge is 0.262 e. The first kappa shape index (κ1) is 18.8. The van der Waals surface area contributed by atoms with Crippen molar-refractivity contribution in [2.45, 2.75) is 0 Å². The molecule has 1 aromatic carbocycles. The van der Waals surface area contributed by atoms with Gasteiger partial charge >= 0.3 is 0 Å². The second-order valence-corrected chi connectivity index (χ2v) is 6.19. The molecule has 0 saturated carbocycles. The van der Waals surface area contributed by atoms with Gasteiger partial charge in [0.1, 0.15) is 17.3 Å². The van der Waals surface area contributed by atoms with Crippen LogP contribution in [0.25, 0.3) is 0 Å². The molecule has 1 aromatic heterocycles. The number of nitrogens with zero attached hydrogens (tertiary/aromatic N) is 4. The predicted molar refractivity (Wildman–Crippen MR) is 99.9 cm³/mol. The molecule has 0 unspecified atom stereocenters. The average Bonchev–Trinajstić information content (AvgIpc) is 2.68. The minimum absolute atomic E-state index is 0.205. The van der Waals surface area contributed by atoms with Gasteiger partial charge in [-0.05, 0) is 24.3 Å². The lowest BCUT2D eigenvalue weighted by atomic mass is 10.3. The van der Waals surface area contributed by atoms with Gasteiger partial charge in [0.05, 0.1) is 19.4 Å². The summed E-state index contributed by atoms with van der Waals surface area (Å²) in [4.78, 5) is 25.0. The van der Waals surface area contributed by atoms with Gasteiger partial charge in [-0.2, -0.15) is 4.98 Å². The number of aromatic nitrogens is 2. The van der Waals surface area contributed by atoms with Crippen LogP contribution in [0, 0.1) is 5.82 Å². The number of amides is 1. The van der Waals surface area contributed by atoms with E-state index in [0.29, 0.717) is 36.4 Å². The van der Waals surface area contributed by atoms with Crippen molar-refractivity contribution in [3.8, 4) is 5.75 Å². The maximum absolute atomic E-state index is 12.9. The fourth-order valence-electron chi connectivity index (χ4n) is 2.57. The highest BCUT2D eigenvalue weighted by atomic mass is 19.1. The number of anilines is 3. The number of morpholine rings is 1. The molecule has 0 radical (unpaired) electrons. The van der Waals surface area contributed by atoms with Crippen LogP contribution in [0.15, 0.2) is 30.5 Å². The molecule has 1 aliphatic heterocycles. The van der Waals surface area contributed by atoms with E-state index in [-0.39, 0.29) is 18.3 Å². The highest BCUT2D eigenvalue weighted by Gasteiger charge is 2.18. The first-order valence-electron chi connectivity index (χ1n) is 8.58. The third-order valence-electron chi connectivity index (χ3n) is 3.93. The van der Waals surface area contributed by atoms with Gasteiger partial charge in [-0.3, -0.25) is 4.79 Å². The molecule has 8 nitrogen and oxygen atoms in total. The van der Waals surface area contributed by atoms with Crippen LogP contribution in [0.5, 0.6) is 5.75 Å². The first-order valence-corrected chi connectivity index (χ1v) is 8.58.